The fourth-order valence-corrected chi connectivity index (χ4v) is 1.89. The van der Waals surface area contributed by atoms with Crippen molar-refractivity contribution in [1.29, 1.82) is 0 Å². The number of rotatable bonds is 4. The Hall–Kier alpha value is -2.03. The van der Waals surface area contributed by atoms with Crippen LogP contribution in [0, 0.1) is 5.82 Å². The Balaban J connectivity index is 2.24. The number of anilines is 1. The van der Waals surface area contributed by atoms with Gasteiger partial charge in [-0.25, -0.2) is 4.39 Å². The van der Waals surface area contributed by atoms with E-state index in [0.717, 1.165) is 16.8 Å². The molecule has 0 aliphatic rings. The number of hydrogen-bond acceptors (Lipinski definition) is 2. The Morgan fingerprint density at radius 2 is 1.83 bits per heavy atom. The molecule has 1 N–H and O–H groups in total. The lowest BCUT2D eigenvalue weighted by molar-refractivity contribution is 0.409. The molecule has 0 bridgehead atoms. The average Bonchev–Trinajstić information content (AvgIpc) is 2.40. The van der Waals surface area contributed by atoms with Gasteiger partial charge in [0.15, 0.2) is 0 Å². The lowest BCUT2D eigenvalue weighted by Crippen LogP contribution is -1.95. The maximum atomic E-state index is 13.2. The van der Waals surface area contributed by atoms with Gasteiger partial charge in [-0.15, -0.1) is 0 Å². The Morgan fingerprint density at radius 1 is 1.11 bits per heavy atom. The molecule has 0 amide bonds. The van der Waals surface area contributed by atoms with Crippen molar-refractivity contribution in [1.82, 2.24) is 0 Å². The smallest absolute Gasteiger partial charge is 0.123 e. The highest BCUT2D eigenvalue weighted by Gasteiger charge is 2.05. The highest BCUT2D eigenvalue weighted by molar-refractivity contribution is 5.45. The summed E-state index contributed by atoms with van der Waals surface area (Å²) in [6.07, 6.45) is 0.658. The SMILES string of the molecule is CNc1ccc(Cc2cc(F)ccc2OC)cc1. The van der Waals surface area contributed by atoms with E-state index in [0.29, 0.717) is 12.2 Å². The summed E-state index contributed by atoms with van der Waals surface area (Å²) in [6, 6.07) is 12.6. The van der Waals surface area contributed by atoms with Crippen LogP contribution >= 0.6 is 0 Å². The van der Waals surface area contributed by atoms with Crippen LogP contribution in [0.3, 0.4) is 0 Å². The van der Waals surface area contributed by atoms with Crippen LogP contribution < -0.4 is 10.1 Å². The molecule has 3 heteroatoms. The van der Waals surface area contributed by atoms with Crippen molar-refractivity contribution in [3.8, 4) is 5.75 Å². The third-order valence-corrected chi connectivity index (χ3v) is 2.88. The maximum Gasteiger partial charge on any atom is 0.123 e. The zero-order valence-corrected chi connectivity index (χ0v) is 10.5. The van der Waals surface area contributed by atoms with Crippen molar-refractivity contribution < 1.29 is 9.13 Å². The summed E-state index contributed by atoms with van der Waals surface area (Å²) >= 11 is 0. The first kappa shape index (κ1) is 12.4. The lowest BCUT2D eigenvalue weighted by Gasteiger charge is -2.09. The molecule has 0 spiro atoms. The molecule has 0 unspecified atom stereocenters. The van der Waals surface area contributed by atoms with E-state index < -0.39 is 0 Å². The summed E-state index contributed by atoms with van der Waals surface area (Å²) < 4.78 is 18.5. The zero-order chi connectivity index (χ0) is 13.0. The van der Waals surface area contributed by atoms with Crippen LogP contribution in [-0.4, -0.2) is 14.2 Å². The van der Waals surface area contributed by atoms with Crippen molar-refractivity contribution in [2.75, 3.05) is 19.5 Å². The minimum Gasteiger partial charge on any atom is -0.496 e. The number of methoxy groups -OCH3 is 1. The maximum absolute atomic E-state index is 13.2. The van der Waals surface area contributed by atoms with Gasteiger partial charge in [0, 0.05) is 24.7 Å². The molecule has 0 aliphatic carbocycles. The molecular formula is C15H16FNO. The number of benzene rings is 2. The predicted molar refractivity (Wildman–Crippen MR) is 71.7 cm³/mol. The highest BCUT2D eigenvalue weighted by atomic mass is 19.1. The van der Waals surface area contributed by atoms with E-state index in [9.17, 15) is 4.39 Å². The third-order valence-electron chi connectivity index (χ3n) is 2.88. The summed E-state index contributed by atoms with van der Waals surface area (Å²) in [7, 11) is 3.48. The van der Waals surface area contributed by atoms with E-state index in [1.54, 1.807) is 13.2 Å². The molecule has 94 valence electrons. The highest BCUT2D eigenvalue weighted by Crippen LogP contribution is 2.23. The monoisotopic (exact) mass is 245 g/mol. The topological polar surface area (TPSA) is 21.3 Å². The molecule has 0 aromatic heterocycles. The van der Waals surface area contributed by atoms with Crippen LogP contribution in [0.15, 0.2) is 42.5 Å². The summed E-state index contributed by atoms with van der Waals surface area (Å²) in [5, 5.41) is 3.07. The molecule has 0 fully saturated rings. The fraction of sp³-hybridized carbons (Fsp3) is 0.200. The summed E-state index contributed by atoms with van der Waals surface area (Å²) in [4.78, 5) is 0. The largest absolute Gasteiger partial charge is 0.496 e. The molecule has 2 nitrogen and oxygen atoms in total. The van der Waals surface area contributed by atoms with Gasteiger partial charge in [-0.2, -0.15) is 0 Å². The van der Waals surface area contributed by atoms with Gasteiger partial charge in [-0.1, -0.05) is 12.1 Å². The molecule has 2 aromatic rings. The fourth-order valence-electron chi connectivity index (χ4n) is 1.89. The minimum absolute atomic E-state index is 0.238. The Kier molecular flexibility index (Phi) is 3.82. The molecule has 0 saturated carbocycles. The van der Waals surface area contributed by atoms with Gasteiger partial charge in [0.1, 0.15) is 11.6 Å². The van der Waals surface area contributed by atoms with Gasteiger partial charge >= 0.3 is 0 Å². The van der Waals surface area contributed by atoms with E-state index in [1.807, 2.05) is 31.3 Å². The Labute approximate surface area is 106 Å². The first-order chi connectivity index (χ1) is 8.72. The van der Waals surface area contributed by atoms with Crippen LogP contribution in [0.4, 0.5) is 10.1 Å². The Bertz CT molecular complexity index is 523. The zero-order valence-electron chi connectivity index (χ0n) is 10.5. The lowest BCUT2D eigenvalue weighted by atomic mass is 10.0. The van der Waals surface area contributed by atoms with Crippen LogP contribution in [0.2, 0.25) is 0 Å². The van der Waals surface area contributed by atoms with Crippen molar-refractivity contribution in [2.24, 2.45) is 0 Å². The standard InChI is InChI=1S/C15H16FNO/c1-17-14-6-3-11(4-7-14)9-12-10-13(16)5-8-15(12)18-2/h3-8,10,17H,9H2,1-2H3. The number of nitrogens with one attached hydrogen (secondary N) is 1. The van der Waals surface area contributed by atoms with Crippen molar-refractivity contribution in [3.05, 3.63) is 59.4 Å². The number of ether oxygens (including phenoxy) is 1. The second-order valence-corrected chi connectivity index (χ2v) is 4.08. The quantitative estimate of drug-likeness (QED) is 0.890. The van der Waals surface area contributed by atoms with Crippen LogP contribution in [0.5, 0.6) is 5.75 Å². The van der Waals surface area contributed by atoms with Gasteiger partial charge in [0.05, 0.1) is 7.11 Å². The van der Waals surface area contributed by atoms with E-state index in [-0.39, 0.29) is 5.82 Å². The van der Waals surface area contributed by atoms with Crippen molar-refractivity contribution in [3.63, 3.8) is 0 Å². The third kappa shape index (κ3) is 2.80. The second-order valence-electron chi connectivity index (χ2n) is 4.08. The summed E-state index contributed by atoms with van der Waals surface area (Å²) in [5.74, 6) is 0.478. The van der Waals surface area contributed by atoms with Gasteiger partial charge in [0.2, 0.25) is 0 Å². The molecule has 0 aliphatic heterocycles. The van der Waals surface area contributed by atoms with Gasteiger partial charge in [-0.3, -0.25) is 0 Å². The molecule has 0 atom stereocenters. The Morgan fingerprint density at radius 3 is 2.44 bits per heavy atom. The second kappa shape index (κ2) is 5.54. The van der Waals surface area contributed by atoms with E-state index in [1.165, 1.54) is 12.1 Å². The number of hydrogen-bond donors (Lipinski definition) is 1. The molecule has 0 saturated heterocycles. The van der Waals surface area contributed by atoms with Gasteiger partial charge < -0.3 is 10.1 Å². The molecule has 0 radical (unpaired) electrons. The molecule has 18 heavy (non-hydrogen) atoms. The molecule has 2 aromatic carbocycles. The summed E-state index contributed by atoms with van der Waals surface area (Å²) in [5.41, 5.74) is 3.04. The van der Waals surface area contributed by atoms with E-state index in [4.69, 9.17) is 4.74 Å². The number of halogens is 1. The van der Waals surface area contributed by atoms with Crippen molar-refractivity contribution >= 4 is 5.69 Å². The van der Waals surface area contributed by atoms with Crippen LogP contribution in [0.1, 0.15) is 11.1 Å². The molecule has 0 heterocycles. The van der Waals surface area contributed by atoms with Crippen LogP contribution in [0.25, 0.3) is 0 Å². The molecule has 2 rings (SSSR count). The first-order valence-electron chi connectivity index (χ1n) is 5.82. The predicted octanol–water partition coefficient (Wildman–Crippen LogP) is 3.47. The van der Waals surface area contributed by atoms with Crippen LogP contribution in [-0.2, 0) is 6.42 Å². The van der Waals surface area contributed by atoms with Gasteiger partial charge in [-0.05, 0) is 35.9 Å². The van der Waals surface area contributed by atoms with Gasteiger partial charge in [0.25, 0.3) is 0 Å². The normalized spacial score (nSPS) is 10.2. The average molecular weight is 245 g/mol. The van der Waals surface area contributed by atoms with E-state index >= 15 is 0 Å². The van der Waals surface area contributed by atoms with E-state index in [2.05, 4.69) is 5.32 Å². The summed E-state index contributed by atoms with van der Waals surface area (Å²) in [6.45, 7) is 0. The first-order valence-corrected chi connectivity index (χ1v) is 5.82. The van der Waals surface area contributed by atoms with Crippen molar-refractivity contribution in [2.45, 2.75) is 6.42 Å². The minimum atomic E-state index is -0.238. The molecular weight excluding hydrogens is 229 g/mol.